The van der Waals surface area contributed by atoms with Crippen molar-refractivity contribution in [3.8, 4) is 0 Å². The zero-order chi connectivity index (χ0) is 23.9. The molecule has 182 valence electrons. The third kappa shape index (κ3) is 5.99. The summed E-state index contributed by atoms with van der Waals surface area (Å²) < 4.78 is 13.8. The Kier molecular flexibility index (Phi) is 8.13. The van der Waals surface area contributed by atoms with Gasteiger partial charge >= 0.3 is 5.97 Å². The van der Waals surface area contributed by atoms with Crippen molar-refractivity contribution < 1.29 is 31.2 Å². The second-order valence-corrected chi connectivity index (χ2v) is 8.71. The second-order valence-electron chi connectivity index (χ2n) is 8.71. The number of hydrogen-bond donors (Lipinski definition) is 0. The van der Waals surface area contributed by atoms with Crippen molar-refractivity contribution in [2.45, 2.75) is 25.1 Å². The minimum absolute atomic E-state index is 0. The number of nitrogens with zero attached hydrogens (tertiary/aromatic N) is 2. The normalized spacial score (nSPS) is 16.4. The van der Waals surface area contributed by atoms with Gasteiger partial charge in [0, 0.05) is 29.7 Å². The van der Waals surface area contributed by atoms with Crippen LogP contribution in [0.25, 0.3) is 0 Å². The minimum Gasteiger partial charge on any atom is -1.00 e. The van der Waals surface area contributed by atoms with E-state index in [4.69, 9.17) is 14.5 Å². The quantitative estimate of drug-likeness (QED) is 0.273. The van der Waals surface area contributed by atoms with Crippen LogP contribution in [0.2, 0.25) is 0 Å². The van der Waals surface area contributed by atoms with Crippen molar-refractivity contribution >= 4 is 11.9 Å². The molecule has 1 atom stereocenters. The molecule has 1 aliphatic heterocycles. The number of benzene rings is 3. The Morgan fingerprint density at radius 2 is 1.39 bits per heavy atom. The smallest absolute Gasteiger partial charge is 0.338 e. The van der Waals surface area contributed by atoms with Gasteiger partial charge in [0.15, 0.2) is 24.5 Å². The Balaban J connectivity index is 0.00000304. The summed E-state index contributed by atoms with van der Waals surface area (Å²) in [5, 5.41) is 0. The largest absolute Gasteiger partial charge is 1.00 e. The molecule has 6 heteroatoms. The first-order valence-electron chi connectivity index (χ1n) is 11.7. The van der Waals surface area contributed by atoms with Crippen molar-refractivity contribution in [2.24, 2.45) is 4.99 Å². The van der Waals surface area contributed by atoms with Gasteiger partial charge in [-0.1, -0.05) is 78.9 Å². The summed E-state index contributed by atoms with van der Waals surface area (Å²) in [6.45, 7) is 1.12. The molecule has 0 radical (unpaired) electrons. The van der Waals surface area contributed by atoms with Crippen LogP contribution in [-0.2, 0) is 33.8 Å². The number of ether oxygens (including phenoxy) is 2. The Morgan fingerprint density at radius 3 is 2.03 bits per heavy atom. The molecule has 2 heterocycles. The maximum atomic E-state index is 13.4. The number of carbonyl (C=O) groups is 1. The molecule has 0 spiro atoms. The molecule has 4 aromatic rings. The Labute approximate surface area is 217 Å². The molecule has 36 heavy (non-hydrogen) atoms. The van der Waals surface area contributed by atoms with Crippen LogP contribution < -0.4 is 17.0 Å². The Hall–Kier alpha value is -3.96. The average molecular weight is 499 g/mol. The summed E-state index contributed by atoms with van der Waals surface area (Å²) in [4.78, 5) is 18.2. The Bertz CT molecular complexity index is 1300. The van der Waals surface area contributed by atoms with Crippen LogP contribution in [-0.4, -0.2) is 24.0 Å². The highest BCUT2D eigenvalue weighted by Crippen LogP contribution is 2.28. The van der Waals surface area contributed by atoms with Crippen molar-refractivity contribution in [1.29, 1.82) is 0 Å². The van der Waals surface area contributed by atoms with E-state index in [1.165, 1.54) is 5.56 Å². The molecule has 0 fully saturated rings. The zero-order valence-electron chi connectivity index (χ0n) is 19.8. The lowest BCUT2D eigenvalue weighted by Gasteiger charge is -2.22. The molecular weight excluding hydrogens is 472 g/mol. The third-order valence-corrected chi connectivity index (χ3v) is 6.04. The molecule has 0 amide bonds. The maximum absolute atomic E-state index is 13.4. The van der Waals surface area contributed by atoms with Crippen LogP contribution in [0.3, 0.4) is 0 Å². The number of halogens is 1. The summed E-state index contributed by atoms with van der Waals surface area (Å²) in [5.41, 5.74) is 2.87. The lowest BCUT2D eigenvalue weighted by molar-refractivity contribution is -0.688. The molecule has 5 rings (SSSR count). The van der Waals surface area contributed by atoms with Crippen molar-refractivity contribution in [3.63, 3.8) is 0 Å². The highest BCUT2D eigenvalue weighted by molar-refractivity contribution is 5.99. The number of esters is 1. The average Bonchev–Trinajstić information content (AvgIpc) is 3.35. The van der Waals surface area contributed by atoms with Crippen LogP contribution in [0.5, 0.6) is 0 Å². The van der Waals surface area contributed by atoms with Crippen LogP contribution in [0.1, 0.15) is 22.3 Å². The monoisotopic (exact) mass is 498 g/mol. The van der Waals surface area contributed by atoms with Gasteiger partial charge in [0.25, 0.3) is 0 Å². The van der Waals surface area contributed by atoms with Gasteiger partial charge in [-0.15, -0.1) is 0 Å². The van der Waals surface area contributed by atoms with Crippen LogP contribution in [0.4, 0.5) is 0 Å². The first-order valence-corrected chi connectivity index (χ1v) is 11.7. The summed E-state index contributed by atoms with van der Waals surface area (Å²) in [7, 11) is 0. The van der Waals surface area contributed by atoms with E-state index in [0.29, 0.717) is 12.3 Å². The molecule has 1 aliphatic rings. The van der Waals surface area contributed by atoms with Gasteiger partial charge in [-0.05, 0) is 23.3 Å². The molecular formula is C30H27ClN2O3. The number of pyridine rings is 1. The SMILES string of the molecule is O=C(OCc1ccccc1)C1(Cc2cc[n+](Cc3ccccc3)cc2)COC(c2ccccc2)=N1.[Cl-]. The molecule has 0 saturated carbocycles. The van der Waals surface area contributed by atoms with Gasteiger partial charge in [-0.25, -0.2) is 14.4 Å². The number of aromatic nitrogens is 1. The summed E-state index contributed by atoms with van der Waals surface area (Å²) in [5.74, 6) is 0.0885. The van der Waals surface area contributed by atoms with Crippen molar-refractivity contribution in [1.82, 2.24) is 0 Å². The summed E-state index contributed by atoms with van der Waals surface area (Å²) in [6.07, 6.45) is 4.45. The number of aliphatic imine (C=N–C) groups is 1. The molecule has 0 N–H and O–H groups in total. The molecule has 5 nitrogen and oxygen atoms in total. The van der Waals surface area contributed by atoms with E-state index in [2.05, 4.69) is 16.7 Å². The number of rotatable bonds is 8. The van der Waals surface area contributed by atoms with E-state index in [1.807, 2.05) is 103 Å². The molecule has 1 aromatic heterocycles. The van der Waals surface area contributed by atoms with E-state index in [-0.39, 0.29) is 31.6 Å². The highest BCUT2D eigenvalue weighted by Gasteiger charge is 2.46. The maximum Gasteiger partial charge on any atom is 0.338 e. The van der Waals surface area contributed by atoms with E-state index in [1.54, 1.807) is 0 Å². The summed E-state index contributed by atoms with van der Waals surface area (Å²) >= 11 is 0. The molecule has 3 aromatic carbocycles. The third-order valence-electron chi connectivity index (χ3n) is 6.04. The van der Waals surface area contributed by atoms with Gasteiger partial charge in [0.05, 0.1) is 0 Å². The van der Waals surface area contributed by atoms with Crippen molar-refractivity contribution in [3.05, 3.63) is 138 Å². The fourth-order valence-corrected chi connectivity index (χ4v) is 4.14. The molecule has 0 bridgehead atoms. The van der Waals surface area contributed by atoms with Gasteiger partial charge in [-0.2, -0.15) is 0 Å². The van der Waals surface area contributed by atoms with Gasteiger partial charge in [0.1, 0.15) is 13.2 Å². The topological polar surface area (TPSA) is 51.8 Å². The second kappa shape index (κ2) is 11.6. The fourth-order valence-electron chi connectivity index (χ4n) is 4.14. The first kappa shape index (κ1) is 25.1. The zero-order valence-corrected chi connectivity index (χ0v) is 20.6. The highest BCUT2D eigenvalue weighted by atomic mass is 35.5. The lowest BCUT2D eigenvalue weighted by atomic mass is 9.93. The standard InChI is InChI=1S/C30H27N2O3.ClH/c33-29(34-22-26-12-6-2-7-13-26)30(23-35-28(31-30)27-14-8-3-9-15-27)20-24-16-18-32(19-17-24)21-25-10-4-1-5-11-25;/h1-19H,20-23H2;1H/q+1;/p-1. The van der Waals surface area contributed by atoms with E-state index in [9.17, 15) is 4.79 Å². The number of hydrogen-bond acceptors (Lipinski definition) is 4. The van der Waals surface area contributed by atoms with Crippen LogP contribution in [0, 0.1) is 0 Å². The predicted octanol–water partition coefficient (Wildman–Crippen LogP) is 1.53. The first-order chi connectivity index (χ1) is 17.2. The van der Waals surface area contributed by atoms with Gasteiger partial charge < -0.3 is 21.9 Å². The Morgan fingerprint density at radius 1 is 0.806 bits per heavy atom. The van der Waals surface area contributed by atoms with Crippen molar-refractivity contribution in [2.75, 3.05) is 6.61 Å². The van der Waals surface area contributed by atoms with Gasteiger partial charge in [0.2, 0.25) is 5.90 Å². The van der Waals surface area contributed by atoms with E-state index < -0.39 is 5.54 Å². The van der Waals surface area contributed by atoms with E-state index >= 15 is 0 Å². The van der Waals surface area contributed by atoms with Crippen LogP contribution in [0.15, 0.2) is 121 Å². The number of carbonyl (C=O) groups excluding carboxylic acids is 1. The predicted molar refractivity (Wildman–Crippen MR) is 134 cm³/mol. The van der Waals surface area contributed by atoms with Gasteiger partial charge in [-0.3, -0.25) is 0 Å². The lowest BCUT2D eigenvalue weighted by Crippen LogP contribution is -3.00. The minimum atomic E-state index is -1.13. The molecule has 0 saturated heterocycles. The van der Waals surface area contributed by atoms with Crippen LogP contribution >= 0.6 is 0 Å². The molecule has 0 aliphatic carbocycles. The fraction of sp³-hybridized carbons (Fsp3) is 0.167. The summed E-state index contributed by atoms with van der Waals surface area (Å²) in [6, 6.07) is 33.7. The van der Waals surface area contributed by atoms with E-state index in [0.717, 1.165) is 23.2 Å². The molecule has 1 unspecified atom stereocenters.